The maximum atomic E-state index is 12.8. The number of Topliss-reactive ketones (excluding diaryl/α,β-unsaturated/α-hetero) is 1. The van der Waals surface area contributed by atoms with Crippen LogP contribution in [-0.2, 0) is 16.0 Å². The number of nitrogens with one attached hydrogen (secondary N) is 4. The fraction of sp³-hybridized carbons (Fsp3) is 0.312. The van der Waals surface area contributed by atoms with E-state index in [1.807, 2.05) is 36.4 Å². The Morgan fingerprint density at radius 3 is 2.35 bits per heavy atom. The number of anilines is 2. The fourth-order valence-electron chi connectivity index (χ4n) is 5.19. The van der Waals surface area contributed by atoms with Gasteiger partial charge in [0.1, 0.15) is 5.69 Å². The van der Waals surface area contributed by atoms with E-state index in [1.54, 1.807) is 13.0 Å². The molecule has 3 amide bonds. The van der Waals surface area contributed by atoms with E-state index in [-0.39, 0.29) is 23.5 Å². The zero-order chi connectivity index (χ0) is 31.3. The molecule has 0 spiro atoms. The second kappa shape index (κ2) is 14.3. The Morgan fingerprint density at radius 1 is 1.00 bits per heavy atom. The number of hydrogen-bond donors (Lipinski definition) is 4. The first-order valence-electron chi connectivity index (χ1n) is 14.2. The molecule has 2 aliphatic rings. The zero-order valence-corrected chi connectivity index (χ0v) is 27.8. The molecule has 3 heterocycles. The summed E-state index contributed by atoms with van der Waals surface area (Å²) in [5.74, 6) is -0.590. The first-order chi connectivity index (χ1) is 20.5. The third kappa shape index (κ3) is 7.70. The van der Waals surface area contributed by atoms with Gasteiger partial charge in [0.05, 0.1) is 17.7 Å². The summed E-state index contributed by atoms with van der Waals surface area (Å²) in [6.07, 6.45) is 3.00. The molecule has 1 aromatic heterocycles. The zero-order valence-electron chi connectivity index (χ0n) is 24.6. The van der Waals surface area contributed by atoms with Crippen LogP contribution in [0.5, 0.6) is 0 Å². The number of hydrogen-bond acceptors (Lipinski definition) is 5. The average Bonchev–Trinajstić information content (AvgIpc) is 3.60. The number of ketones is 1. The van der Waals surface area contributed by atoms with E-state index in [4.69, 9.17) is 0 Å². The summed E-state index contributed by atoms with van der Waals surface area (Å²) in [6, 6.07) is 11.3. The van der Waals surface area contributed by atoms with Crippen molar-refractivity contribution in [2.24, 2.45) is 0 Å². The fourth-order valence-corrected chi connectivity index (χ4v) is 5.96. The first kappa shape index (κ1) is 32.4. The molecule has 0 fully saturated rings. The predicted octanol–water partition coefficient (Wildman–Crippen LogP) is 6.19. The Morgan fingerprint density at radius 2 is 1.67 bits per heavy atom. The van der Waals surface area contributed by atoms with Gasteiger partial charge in [0.15, 0.2) is 5.78 Å². The highest BCUT2D eigenvalue weighted by molar-refractivity contribution is 9.10. The summed E-state index contributed by atoms with van der Waals surface area (Å²) < 4.78 is 1.87. The van der Waals surface area contributed by atoms with Crippen LogP contribution in [0.15, 0.2) is 45.3 Å². The van der Waals surface area contributed by atoms with E-state index in [0.29, 0.717) is 46.7 Å². The van der Waals surface area contributed by atoms with Crippen LogP contribution in [0.1, 0.15) is 70.4 Å². The number of carbonyl (C=O) groups excluding carboxylic acids is 4. The van der Waals surface area contributed by atoms with E-state index < -0.39 is 0 Å². The predicted molar refractivity (Wildman–Crippen MR) is 177 cm³/mol. The van der Waals surface area contributed by atoms with Gasteiger partial charge in [0.25, 0.3) is 11.8 Å². The first-order valence-corrected chi connectivity index (χ1v) is 15.8. The second-order valence-corrected chi connectivity index (χ2v) is 12.2. The van der Waals surface area contributed by atoms with Gasteiger partial charge >= 0.3 is 0 Å². The van der Waals surface area contributed by atoms with Gasteiger partial charge in [-0.3, -0.25) is 19.2 Å². The number of rotatable bonds is 9. The third-order valence-corrected chi connectivity index (χ3v) is 8.42. The number of aromatic nitrogens is 1. The molecule has 11 heteroatoms. The highest BCUT2D eigenvalue weighted by Crippen LogP contribution is 2.36. The van der Waals surface area contributed by atoms with Gasteiger partial charge in [-0.2, -0.15) is 0 Å². The number of aromatic amines is 1. The van der Waals surface area contributed by atoms with Crippen molar-refractivity contribution in [2.45, 2.75) is 40.5 Å². The quantitative estimate of drug-likeness (QED) is 0.120. The molecule has 9 nitrogen and oxygen atoms in total. The molecular formula is C32H35Br2N5O4. The van der Waals surface area contributed by atoms with Crippen molar-refractivity contribution < 1.29 is 19.2 Å². The van der Waals surface area contributed by atoms with Crippen LogP contribution in [0.25, 0.3) is 11.6 Å². The van der Waals surface area contributed by atoms with E-state index in [9.17, 15) is 19.2 Å². The standard InChI is InChI=1S/C24H29BrN4O3.C8H6BrNO/c1-5-29(6-2)11-7-10-26-24(32)22-14(3)21(15(4)30)20(27-22)13-18-17-12-16(25)8-9-19(17)28-23(18)31;9-6-1-2-7-5(3-6)4-8(11)10-7/h8-9,12-13,27H,5-7,10-11H2,1-4H3,(H,26,32)(H,28,31);1-3H,4H2,(H,10,11). The molecule has 0 bridgehead atoms. The number of halogens is 2. The highest BCUT2D eigenvalue weighted by atomic mass is 79.9. The summed E-state index contributed by atoms with van der Waals surface area (Å²) in [4.78, 5) is 54.0. The summed E-state index contributed by atoms with van der Waals surface area (Å²) >= 11 is 6.78. The molecule has 2 aliphatic heterocycles. The van der Waals surface area contributed by atoms with E-state index in [0.717, 1.165) is 51.8 Å². The number of nitrogens with zero attached hydrogens (tertiary/aromatic N) is 1. The highest BCUT2D eigenvalue weighted by Gasteiger charge is 2.27. The molecule has 0 saturated heterocycles. The average molecular weight is 713 g/mol. The van der Waals surface area contributed by atoms with E-state index in [1.165, 1.54) is 6.92 Å². The molecule has 0 aliphatic carbocycles. The molecule has 4 N–H and O–H groups in total. The van der Waals surface area contributed by atoms with Crippen LogP contribution in [-0.4, -0.2) is 59.6 Å². The topological polar surface area (TPSA) is 123 Å². The normalized spacial score (nSPS) is 14.2. The molecule has 226 valence electrons. The minimum Gasteiger partial charge on any atom is -0.351 e. The molecule has 0 atom stereocenters. The van der Waals surface area contributed by atoms with Gasteiger partial charge in [0, 0.05) is 38.0 Å². The van der Waals surface area contributed by atoms with Crippen molar-refractivity contribution in [3.63, 3.8) is 0 Å². The van der Waals surface area contributed by atoms with Crippen molar-refractivity contribution in [2.75, 3.05) is 36.8 Å². The van der Waals surface area contributed by atoms with E-state index in [2.05, 4.69) is 71.5 Å². The summed E-state index contributed by atoms with van der Waals surface area (Å²) in [5, 5.41) is 8.53. The summed E-state index contributed by atoms with van der Waals surface area (Å²) in [5.41, 5.74) is 5.72. The molecule has 0 saturated carbocycles. The van der Waals surface area contributed by atoms with Gasteiger partial charge in [0.2, 0.25) is 5.91 Å². The van der Waals surface area contributed by atoms with Crippen molar-refractivity contribution >= 4 is 78.4 Å². The third-order valence-electron chi connectivity index (χ3n) is 7.43. The van der Waals surface area contributed by atoms with Crippen LogP contribution < -0.4 is 16.0 Å². The summed E-state index contributed by atoms with van der Waals surface area (Å²) in [7, 11) is 0. The van der Waals surface area contributed by atoms with Gasteiger partial charge in [-0.1, -0.05) is 45.7 Å². The van der Waals surface area contributed by atoms with Crippen LogP contribution in [0.2, 0.25) is 0 Å². The Labute approximate surface area is 268 Å². The van der Waals surface area contributed by atoms with Crippen molar-refractivity contribution in [3.8, 4) is 0 Å². The maximum absolute atomic E-state index is 12.8. The number of amides is 3. The number of benzene rings is 2. The van der Waals surface area contributed by atoms with Gasteiger partial charge in [-0.05, 0) is 93.5 Å². The molecule has 0 radical (unpaired) electrons. The lowest BCUT2D eigenvalue weighted by atomic mass is 10.0. The van der Waals surface area contributed by atoms with Gasteiger partial charge in [-0.25, -0.2) is 0 Å². The Hall–Kier alpha value is -3.54. The molecule has 43 heavy (non-hydrogen) atoms. The van der Waals surface area contributed by atoms with Gasteiger partial charge < -0.3 is 25.8 Å². The minimum atomic E-state index is -0.256. The SMILES string of the molecule is CCN(CC)CCCNC(=O)c1[nH]c(C=C2C(=O)Nc3ccc(Br)cc32)c(C(C)=O)c1C.O=C1Cc2cc(Br)ccc2N1. The number of fused-ring (bicyclic) bond motifs is 2. The number of carbonyl (C=O) groups is 4. The minimum absolute atomic E-state index is 0.0816. The van der Waals surface area contributed by atoms with Crippen molar-refractivity contribution in [3.05, 3.63) is 79.0 Å². The molecule has 2 aromatic carbocycles. The lowest BCUT2D eigenvalue weighted by molar-refractivity contribution is -0.115. The Balaban J connectivity index is 0.000000319. The second-order valence-electron chi connectivity index (χ2n) is 10.3. The maximum Gasteiger partial charge on any atom is 0.268 e. The van der Waals surface area contributed by atoms with Crippen molar-refractivity contribution in [1.82, 2.24) is 15.2 Å². The monoisotopic (exact) mass is 711 g/mol. The Bertz CT molecular complexity index is 1610. The van der Waals surface area contributed by atoms with Gasteiger partial charge in [-0.15, -0.1) is 0 Å². The lowest BCUT2D eigenvalue weighted by Gasteiger charge is -2.17. The smallest absolute Gasteiger partial charge is 0.268 e. The van der Waals surface area contributed by atoms with Crippen LogP contribution in [0.3, 0.4) is 0 Å². The lowest BCUT2D eigenvalue weighted by Crippen LogP contribution is -2.30. The molecule has 3 aromatic rings. The molecular weight excluding hydrogens is 678 g/mol. The largest absolute Gasteiger partial charge is 0.351 e. The number of H-pyrrole nitrogens is 1. The van der Waals surface area contributed by atoms with Crippen LogP contribution in [0, 0.1) is 6.92 Å². The Kier molecular flexibility index (Phi) is 10.8. The van der Waals surface area contributed by atoms with Crippen LogP contribution in [0.4, 0.5) is 11.4 Å². The van der Waals surface area contributed by atoms with Crippen LogP contribution >= 0.6 is 31.9 Å². The van der Waals surface area contributed by atoms with Crippen molar-refractivity contribution in [1.29, 1.82) is 0 Å². The summed E-state index contributed by atoms with van der Waals surface area (Å²) in [6.45, 7) is 10.9. The van der Waals surface area contributed by atoms with E-state index >= 15 is 0 Å². The molecule has 5 rings (SSSR count). The molecule has 0 unspecified atom stereocenters.